The number of amides is 2. The fourth-order valence-corrected chi connectivity index (χ4v) is 7.28. The van der Waals surface area contributed by atoms with Gasteiger partial charge in [-0.15, -0.1) is 0 Å². The predicted molar refractivity (Wildman–Crippen MR) is 149 cm³/mol. The van der Waals surface area contributed by atoms with Crippen LogP contribution < -0.4 is 10.6 Å². The Labute approximate surface area is 224 Å². The number of fused-ring (bicyclic) bond motifs is 2. The van der Waals surface area contributed by atoms with Crippen LogP contribution >= 0.6 is 0 Å². The van der Waals surface area contributed by atoms with E-state index in [1.807, 2.05) is 25.3 Å². The van der Waals surface area contributed by atoms with Crippen molar-refractivity contribution in [1.82, 2.24) is 20.6 Å². The van der Waals surface area contributed by atoms with Gasteiger partial charge in [-0.25, -0.2) is 0 Å². The maximum Gasteiger partial charge on any atom is 0.253 e. The fourth-order valence-electron chi connectivity index (χ4n) is 7.28. The highest BCUT2D eigenvalue weighted by Gasteiger charge is 2.61. The highest BCUT2D eigenvalue weighted by atomic mass is 16.3. The highest BCUT2D eigenvalue weighted by Crippen LogP contribution is 2.63. The quantitative estimate of drug-likeness (QED) is 0.346. The maximum absolute atomic E-state index is 13.2. The van der Waals surface area contributed by atoms with E-state index < -0.39 is 5.60 Å². The minimum atomic E-state index is -0.727. The molecule has 2 aliphatic carbocycles. The Hall–Kier alpha value is -3.19. The first-order valence-corrected chi connectivity index (χ1v) is 13.8. The second kappa shape index (κ2) is 10.2. The zero-order chi connectivity index (χ0) is 27.0. The number of nitrogens with one attached hydrogen (secondary N) is 3. The summed E-state index contributed by atoms with van der Waals surface area (Å²) in [6, 6.07) is 11.7. The standard InChI is InChI=1S/C31H40N4O3/c1-29(2)18-26(35-28(37)22-7-6-15-32-19-22)31(14-13-30(3,38)17-25(29)31)12-10-27(36)33-16-11-21-20-34-24-9-5-4-8-23(21)24/h4-9,15,19-20,25-26,34,38H,10-14,16-18H2,1-3H3,(H,33,36)(H,35,37)/t25-,26-,30-,31-/m0/s1. The smallest absolute Gasteiger partial charge is 0.253 e. The molecule has 4 N–H and O–H groups in total. The molecule has 3 aromatic rings. The van der Waals surface area contributed by atoms with Gasteiger partial charge in [-0.3, -0.25) is 14.6 Å². The average molecular weight is 517 g/mol. The summed E-state index contributed by atoms with van der Waals surface area (Å²) < 4.78 is 0. The van der Waals surface area contributed by atoms with Crippen LogP contribution in [-0.2, 0) is 11.2 Å². The molecule has 2 aromatic heterocycles. The Balaban J connectivity index is 1.27. The molecule has 0 radical (unpaired) electrons. The largest absolute Gasteiger partial charge is 0.390 e. The number of pyridine rings is 1. The molecular formula is C31H40N4O3. The van der Waals surface area contributed by atoms with Crippen molar-refractivity contribution in [3.05, 3.63) is 66.1 Å². The molecule has 0 aliphatic heterocycles. The monoisotopic (exact) mass is 516 g/mol. The third-order valence-electron chi connectivity index (χ3n) is 9.27. The van der Waals surface area contributed by atoms with Crippen LogP contribution in [0.1, 0.15) is 75.2 Å². The van der Waals surface area contributed by atoms with Gasteiger partial charge in [-0.1, -0.05) is 32.0 Å². The lowest BCUT2D eigenvalue weighted by Crippen LogP contribution is -2.52. The molecule has 1 aromatic carbocycles. The molecule has 0 spiro atoms. The van der Waals surface area contributed by atoms with E-state index in [1.54, 1.807) is 24.5 Å². The lowest BCUT2D eigenvalue weighted by molar-refractivity contribution is -0.123. The molecule has 7 heteroatoms. The van der Waals surface area contributed by atoms with Gasteiger partial charge in [0.2, 0.25) is 5.91 Å². The van der Waals surface area contributed by atoms with Crippen molar-refractivity contribution in [2.75, 3.05) is 6.54 Å². The molecule has 2 heterocycles. The number of para-hydroxylation sites is 1. The zero-order valence-corrected chi connectivity index (χ0v) is 22.7. The first-order chi connectivity index (χ1) is 18.1. The van der Waals surface area contributed by atoms with Crippen molar-refractivity contribution in [3.8, 4) is 0 Å². The number of carbonyl (C=O) groups is 2. The number of rotatable bonds is 8. The van der Waals surface area contributed by atoms with Gasteiger partial charge in [0, 0.05) is 48.5 Å². The van der Waals surface area contributed by atoms with Gasteiger partial charge in [0.1, 0.15) is 0 Å². The summed E-state index contributed by atoms with van der Waals surface area (Å²) in [4.78, 5) is 33.6. The van der Waals surface area contributed by atoms with E-state index in [2.05, 4.69) is 46.6 Å². The number of carbonyl (C=O) groups excluding carboxylic acids is 2. The van der Waals surface area contributed by atoms with E-state index in [4.69, 9.17) is 0 Å². The molecule has 0 saturated heterocycles. The second-order valence-electron chi connectivity index (χ2n) is 12.4. The lowest BCUT2D eigenvalue weighted by Gasteiger charge is -2.50. The summed E-state index contributed by atoms with van der Waals surface area (Å²) in [7, 11) is 0. The molecule has 4 atom stereocenters. The van der Waals surface area contributed by atoms with Crippen molar-refractivity contribution in [1.29, 1.82) is 0 Å². The minimum absolute atomic E-state index is 0.0392. The lowest BCUT2D eigenvalue weighted by atomic mass is 9.57. The number of aromatic amines is 1. The summed E-state index contributed by atoms with van der Waals surface area (Å²) >= 11 is 0. The van der Waals surface area contributed by atoms with Crippen molar-refractivity contribution in [3.63, 3.8) is 0 Å². The third-order valence-corrected chi connectivity index (χ3v) is 9.27. The van der Waals surface area contributed by atoms with Gasteiger partial charge in [0.15, 0.2) is 0 Å². The van der Waals surface area contributed by atoms with Crippen molar-refractivity contribution in [2.24, 2.45) is 16.7 Å². The molecule has 2 aliphatic rings. The number of benzene rings is 1. The van der Waals surface area contributed by atoms with E-state index in [0.29, 0.717) is 37.8 Å². The number of H-pyrrole nitrogens is 1. The fraction of sp³-hybridized carbons (Fsp3) is 0.516. The first-order valence-electron chi connectivity index (χ1n) is 13.8. The third kappa shape index (κ3) is 5.21. The highest BCUT2D eigenvalue weighted by molar-refractivity contribution is 5.94. The number of aliphatic hydroxyl groups is 1. The minimum Gasteiger partial charge on any atom is -0.390 e. The van der Waals surface area contributed by atoms with Crippen LogP contribution in [0.5, 0.6) is 0 Å². The van der Waals surface area contributed by atoms with Crippen molar-refractivity contribution in [2.45, 2.75) is 77.4 Å². The molecule has 0 unspecified atom stereocenters. The van der Waals surface area contributed by atoms with Crippen LogP contribution in [0.2, 0.25) is 0 Å². The van der Waals surface area contributed by atoms with Crippen LogP contribution in [0.25, 0.3) is 10.9 Å². The molecule has 2 saturated carbocycles. The van der Waals surface area contributed by atoms with Gasteiger partial charge in [0.05, 0.1) is 11.2 Å². The average Bonchev–Trinajstić information content (AvgIpc) is 3.39. The molecule has 38 heavy (non-hydrogen) atoms. The van der Waals surface area contributed by atoms with E-state index in [1.165, 1.54) is 10.9 Å². The van der Waals surface area contributed by atoms with Crippen molar-refractivity contribution >= 4 is 22.7 Å². The number of hydrogen-bond donors (Lipinski definition) is 4. The Morgan fingerprint density at radius 3 is 2.71 bits per heavy atom. The van der Waals surface area contributed by atoms with E-state index >= 15 is 0 Å². The molecule has 2 amide bonds. The normalized spacial score (nSPS) is 28.1. The van der Waals surface area contributed by atoms with Gasteiger partial charge in [0.25, 0.3) is 5.91 Å². The van der Waals surface area contributed by atoms with Crippen LogP contribution in [0.3, 0.4) is 0 Å². The second-order valence-corrected chi connectivity index (χ2v) is 12.4. The molecule has 5 rings (SSSR count). The summed E-state index contributed by atoms with van der Waals surface area (Å²) in [5.74, 6) is 0.119. The van der Waals surface area contributed by atoms with Crippen molar-refractivity contribution < 1.29 is 14.7 Å². The Kier molecular flexibility index (Phi) is 7.07. The first kappa shape index (κ1) is 26.4. The van der Waals surface area contributed by atoms with E-state index in [0.717, 1.165) is 24.8 Å². The molecule has 202 valence electrons. The Morgan fingerprint density at radius 1 is 1.11 bits per heavy atom. The topological polar surface area (TPSA) is 107 Å². The molecule has 0 bridgehead atoms. The van der Waals surface area contributed by atoms with Crippen LogP contribution in [0.4, 0.5) is 0 Å². The van der Waals surface area contributed by atoms with E-state index in [-0.39, 0.29) is 34.6 Å². The SMILES string of the molecule is CC1(C)C[C@H](NC(=O)c2cccnc2)[C@@]2(CCC(=O)NCCc3c[nH]c4ccccc34)CC[C@](C)(O)C[C@@H]12. The predicted octanol–water partition coefficient (Wildman–Crippen LogP) is 4.77. The van der Waals surface area contributed by atoms with Gasteiger partial charge < -0.3 is 20.7 Å². The summed E-state index contributed by atoms with van der Waals surface area (Å²) in [5.41, 5.74) is 1.82. The van der Waals surface area contributed by atoms with Crippen LogP contribution in [0, 0.1) is 16.7 Å². The van der Waals surface area contributed by atoms with Gasteiger partial charge >= 0.3 is 0 Å². The number of hydrogen-bond acceptors (Lipinski definition) is 4. The number of nitrogens with zero attached hydrogens (tertiary/aromatic N) is 1. The summed E-state index contributed by atoms with van der Waals surface area (Å²) in [6.45, 7) is 6.99. The zero-order valence-electron chi connectivity index (χ0n) is 22.7. The van der Waals surface area contributed by atoms with Gasteiger partial charge in [-0.05, 0) is 86.0 Å². The summed E-state index contributed by atoms with van der Waals surface area (Å²) in [6.07, 6.45) is 10.1. The van der Waals surface area contributed by atoms with Crippen LogP contribution in [0.15, 0.2) is 55.0 Å². The number of aromatic nitrogens is 2. The Morgan fingerprint density at radius 2 is 1.92 bits per heavy atom. The molecule has 2 fully saturated rings. The van der Waals surface area contributed by atoms with E-state index in [9.17, 15) is 14.7 Å². The molecular weight excluding hydrogens is 476 g/mol. The van der Waals surface area contributed by atoms with Crippen LogP contribution in [-0.4, -0.2) is 45.1 Å². The maximum atomic E-state index is 13.2. The summed E-state index contributed by atoms with van der Waals surface area (Å²) in [5, 5.41) is 18.6. The molecule has 7 nitrogen and oxygen atoms in total. The Bertz CT molecular complexity index is 1300. The van der Waals surface area contributed by atoms with Gasteiger partial charge in [-0.2, -0.15) is 0 Å².